The van der Waals surface area contributed by atoms with Crippen LogP contribution in [0.3, 0.4) is 0 Å². The van der Waals surface area contributed by atoms with Crippen molar-refractivity contribution in [1.29, 1.82) is 0 Å². The SMILES string of the molecule is COc1cc(N2CCCCC2)ccc1C=Nc1ccccc1O. The smallest absolute Gasteiger partial charge is 0.141 e. The van der Waals surface area contributed by atoms with E-state index in [4.69, 9.17) is 4.74 Å². The van der Waals surface area contributed by atoms with Crippen LogP contribution in [0.1, 0.15) is 24.8 Å². The molecule has 3 rings (SSSR count). The minimum absolute atomic E-state index is 0.174. The van der Waals surface area contributed by atoms with Gasteiger partial charge in [0, 0.05) is 36.6 Å². The summed E-state index contributed by atoms with van der Waals surface area (Å²) < 4.78 is 5.52. The number of benzene rings is 2. The van der Waals surface area contributed by atoms with E-state index in [1.165, 1.54) is 24.9 Å². The highest BCUT2D eigenvalue weighted by Crippen LogP contribution is 2.29. The van der Waals surface area contributed by atoms with E-state index in [1.54, 1.807) is 31.5 Å². The van der Waals surface area contributed by atoms with Crippen molar-refractivity contribution in [3.05, 3.63) is 48.0 Å². The lowest BCUT2D eigenvalue weighted by atomic mass is 10.1. The molecule has 23 heavy (non-hydrogen) atoms. The average molecular weight is 310 g/mol. The van der Waals surface area contributed by atoms with Crippen molar-refractivity contribution in [2.75, 3.05) is 25.1 Å². The van der Waals surface area contributed by atoms with Gasteiger partial charge in [-0.25, -0.2) is 0 Å². The van der Waals surface area contributed by atoms with Crippen LogP contribution in [0.5, 0.6) is 11.5 Å². The van der Waals surface area contributed by atoms with E-state index in [0.29, 0.717) is 5.69 Å². The number of phenols is 1. The molecule has 0 aliphatic carbocycles. The third kappa shape index (κ3) is 3.65. The fourth-order valence-corrected chi connectivity index (χ4v) is 2.87. The predicted octanol–water partition coefficient (Wildman–Crippen LogP) is 4.14. The first kappa shape index (κ1) is 15.4. The van der Waals surface area contributed by atoms with Gasteiger partial charge in [0.05, 0.1) is 7.11 Å². The lowest BCUT2D eigenvalue weighted by Gasteiger charge is -2.29. The summed E-state index contributed by atoms with van der Waals surface area (Å²) in [5.41, 5.74) is 2.65. The van der Waals surface area contributed by atoms with Crippen LogP contribution >= 0.6 is 0 Å². The second-order valence-corrected chi connectivity index (χ2v) is 5.72. The first-order valence-corrected chi connectivity index (χ1v) is 8.03. The Labute approximate surface area is 137 Å². The van der Waals surface area contributed by atoms with Crippen LogP contribution in [0.2, 0.25) is 0 Å². The van der Waals surface area contributed by atoms with Crippen LogP contribution in [0, 0.1) is 0 Å². The van der Waals surface area contributed by atoms with Crippen molar-refractivity contribution in [2.24, 2.45) is 4.99 Å². The van der Waals surface area contributed by atoms with Gasteiger partial charge in [0.15, 0.2) is 0 Å². The lowest BCUT2D eigenvalue weighted by molar-refractivity contribution is 0.414. The number of hydrogen-bond donors (Lipinski definition) is 1. The van der Waals surface area contributed by atoms with Gasteiger partial charge in [-0.2, -0.15) is 0 Å². The van der Waals surface area contributed by atoms with E-state index < -0.39 is 0 Å². The Morgan fingerprint density at radius 3 is 2.61 bits per heavy atom. The number of ether oxygens (including phenoxy) is 1. The molecule has 1 fully saturated rings. The quantitative estimate of drug-likeness (QED) is 0.863. The molecule has 0 atom stereocenters. The Morgan fingerprint density at radius 2 is 1.87 bits per heavy atom. The highest BCUT2D eigenvalue weighted by molar-refractivity contribution is 5.87. The maximum atomic E-state index is 9.78. The summed E-state index contributed by atoms with van der Waals surface area (Å²) in [6.45, 7) is 2.21. The Kier molecular flexibility index (Phi) is 4.81. The molecule has 0 spiro atoms. The number of piperidine rings is 1. The molecule has 1 aliphatic rings. The molecule has 0 aromatic heterocycles. The number of methoxy groups -OCH3 is 1. The van der Waals surface area contributed by atoms with Gasteiger partial charge in [-0.15, -0.1) is 0 Å². The zero-order valence-corrected chi connectivity index (χ0v) is 13.4. The molecule has 0 amide bonds. The summed E-state index contributed by atoms with van der Waals surface area (Å²) in [7, 11) is 1.67. The molecule has 1 N–H and O–H groups in total. The topological polar surface area (TPSA) is 45.1 Å². The van der Waals surface area contributed by atoms with Gasteiger partial charge < -0.3 is 14.7 Å². The van der Waals surface area contributed by atoms with Gasteiger partial charge in [-0.1, -0.05) is 12.1 Å². The number of para-hydroxylation sites is 2. The Bertz CT molecular complexity index is 692. The van der Waals surface area contributed by atoms with Crippen LogP contribution in [-0.4, -0.2) is 31.5 Å². The molecule has 1 heterocycles. The number of phenolic OH excluding ortho intramolecular Hbond substituents is 1. The van der Waals surface area contributed by atoms with Crippen LogP contribution < -0.4 is 9.64 Å². The molecular formula is C19H22N2O2. The second-order valence-electron chi connectivity index (χ2n) is 5.72. The number of rotatable bonds is 4. The third-order valence-electron chi connectivity index (χ3n) is 4.16. The van der Waals surface area contributed by atoms with Gasteiger partial charge in [0.1, 0.15) is 17.2 Å². The van der Waals surface area contributed by atoms with Gasteiger partial charge >= 0.3 is 0 Å². The normalized spacial score (nSPS) is 15.1. The monoisotopic (exact) mass is 310 g/mol. The molecular weight excluding hydrogens is 288 g/mol. The van der Waals surface area contributed by atoms with E-state index >= 15 is 0 Å². The first-order valence-electron chi connectivity index (χ1n) is 8.03. The van der Waals surface area contributed by atoms with Crippen molar-refractivity contribution in [3.8, 4) is 11.5 Å². The van der Waals surface area contributed by atoms with Gasteiger partial charge in [-0.3, -0.25) is 4.99 Å². The van der Waals surface area contributed by atoms with Crippen LogP contribution in [0.15, 0.2) is 47.5 Å². The van der Waals surface area contributed by atoms with Crippen molar-refractivity contribution < 1.29 is 9.84 Å². The summed E-state index contributed by atoms with van der Waals surface area (Å²) in [4.78, 5) is 6.76. The Morgan fingerprint density at radius 1 is 1.09 bits per heavy atom. The summed E-state index contributed by atoms with van der Waals surface area (Å²) in [5.74, 6) is 0.972. The molecule has 0 unspecified atom stereocenters. The van der Waals surface area contributed by atoms with Crippen LogP contribution in [0.25, 0.3) is 0 Å². The standard InChI is InChI=1S/C19H22N2O2/c1-23-19-13-16(21-11-5-2-6-12-21)10-9-15(19)14-20-17-7-3-4-8-18(17)22/h3-4,7-10,13-14,22H,2,5-6,11-12H2,1H3. The fraction of sp³-hybridized carbons (Fsp3) is 0.316. The van der Waals surface area contributed by atoms with Gasteiger partial charge in [0.25, 0.3) is 0 Å². The molecule has 0 bridgehead atoms. The molecule has 4 nitrogen and oxygen atoms in total. The van der Waals surface area contributed by atoms with Crippen LogP contribution in [0.4, 0.5) is 11.4 Å². The number of aliphatic imine (C=N–C) groups is 1. The molecule has 0 saturated carbocycles. The minimum atomic E-state index is 0.174. The Balaban J connectivity index is 1.83. The fourth-order valence-electron chi connectivity index (χ4n) is 2.87. The highest BCUT2D eigenvalue weighted by Gasteiger charge is 2.12. The van der Waals surface area contributed by atoms with E-state index in [2.05, 4.69) is 22.0 Å². The van der Waals surface area contributed by atoms with E-state index in [0.717, 1.165) is 24.4 Å². The number of nitrogens with zero attached hydrogens (tertiary/aromatic N) is 2. The number of hydrogen-bond acceptors (Lipinski definition) is 4. The summed E-state index contributed by atoms with van der Waals surface area (Å²) in [6, 6.07) is 13.2. The van der Waals surface area contributed by atoms with Crippen molar-refractivity contribution in [1.82, 2.24) is 0 Å². The molecule has 0 radical (unpaired) electrons. The number of aromatic hydroxyl groups is 1. The maximum Gasteiger partial charge on any atom is 0.141 e. The lowest BCUT2D eigenvalue weighted by Crippen LogP contribution is -2.29. The summed E-state index contributed by atoms with van der Waals surface area (Å²) in [5, 5.41) is 9.78. The molecule has 120 valence electrons. The molecule has 1 saturated heterocycles. The van der Waals surface area contributed by atoms with E-state index in [-0.39, 0.29) is 5.75 Å². The van der Waals surface area contributed by atoms with Crippen molar-refractivity contribution in [2.45, 2.75) is 19.3 Å². The Hall–Kier alpha value is -2.49. The van der Waals surface area contributed by atoms with Crippen molar-refractivity contribution >= 4 is 17.6 Å². The van der Waals surface area contributed by atoms with E-state index in [9.17, 15) is 5.11 Å². The zero-order chi connectivity index (χ0) is 16.1. The highest BCUT2D eigenvalue weighted by atomic mass is 16.5. The van der Waals surface area contributed by atoms with E-state index in [1.807, 2.05) is 12.1 Å². The minimum Gasteiger partial charge on any atom is -0.506 e. The average Bonchev–Trinajstić information content (AvgIpc) is 2.61. The molecule has 1 aliphatic heterocycles. The summed E-state index contributed by atoms with van der Waals surface area (Å²) >= 11 is 0. The van der Waals surface area contributed by atoms with Gasteiger partial charge in [-0.05, 0) is 43.5 Å². The number of anilines is 1. The summed E-state index contributed by atoms with van der Waals surface area (Å²) in [6.07, 6.45) is 5.55. The largest absolute Gasteiger partial charge is 0.506 e. The van der Waals surface area contributed by atoms with Crippen LogP contribution in [-0.2, 0) is 0 Å². The first-order chi connectivity index (χ1) is 11.3. The van der Waals surface area contributed by atoms with Crippen molar-refractivity contribution in [3.63, 3.8) is 0 Å². The molecule has 4 heteroatoms. The predicted molar refractivity (Wildman–Crippen MR) is 94.4 cm³/mol. The molecule has 2 aromatic carbocycles. The van der Waals surface area contributed by atoms with Gasteiger partial charge in [0.2, 0.25) is 0 Å². The maximum absolute atomic E-state index is 9.78. The zero-order valence-electron chi connectivity index (χ0n) is 13.4. The second kappa shape index (κ2) is 7.18. The molecule has 2 aromatic rings. The third-order valence-corrected chi connectivity index (χ3v) is 4.16.